The number of nitrogens with zero attached hydrogens (tertiary/aromatic N) is 5. The van der Waals surface area contributed by atoms with Crippen molar-refractivity contribution in [1.29, 1.82) is 0 Å². The highest BCUT2D eigenvalue weighted by Gasteiger charge is 2.25. The van der Waals surface area contributed by atoms with Crippen LogP contribution >= 0.6 is 0 Å². The fourth-order valence-corrected chi connectivity index (χ4v) is 3.82. The van der Waals surface area contributed by atoms with E-state index in [0.717, 1.165) is 27.2 Å². The summed E-state index contributed by atoms with van der Waals surface area (Å²) >= 11 is 0. The number of Topliss-reactive ketones (excluding diaryl/α,β-unsaturated/α-hetero) is 1. The lowest BCUT2D eigenvalue weighted by Crippen LogP contribution is -2.42. The largest absolute Gasteiger partial charge is 0.333 e. The molecule has 0 N–H and O–H groups in total. The predicted octanol–water partition coefficient (Wildman–Crippen LogP) is 2.21. The number of rotatable bonds is 3. The first kappa shape index (κ1) is 18.9. The van der Waals surface area contributed by atoms with Crippen LogP contribution in [0.25, 0.3) is 22.6 Å². The van der Waals surface area contributed by atoms with Crippen LogP contribution in [0.3, 0.4) is 0 Å². The molecule has 3 heterocycles. The van der Waals surface area contributed by atoms with Crippen LogP contribution in [0.1, 0.15) is 36.8 Å². The van der Waals surface area contributed by atoms with E-state index in [1.54, 1.807) is 18.4 Å². The Labute approximate surface area is 166 Å². The Bertz CT molecular complexity index is 1430. The Balaban J connectivity index is 2.21. The van der Waals surface area contributed by atoms with Gasteiger partial charge in [0.05, 0.1) is 6.04 Å². The molecule has 4 aromatic rings. The number of carbonyl (C=O) groups is 1. The quantitative estimate of drug-likeness (QED) is 0.534. The highest BCUT2D eigenvalue weighted by molar-refractivity contribution is 5.81. The second-order valence-electron chi connectivity index (χ2n) is 7.57. The van der Waals surface area contributed by atoms with Crippen molar-refractivity contribution in [3.05, 3.63) is 62.1 Å². The van der Waals surface area contributed by atoms with E-state index in [1.165, 1.54) is 11.5 Å². The molecule has 0 aliphatic heterocycles. The molecule has 0 aliphatic carbocycles. The van der Waals surface area contributed by atoms with Crippen LogP contribution in [0.4, 0.5) is 0 Å². The van der Waals surface area contributed by atoms with E-state index >= 15 is 0 Å². The van der Waals surface area contributed by atoms with E-state index in [1.807, 2.05) is 49.6 Å². The molecule has 1 unspecified atom stereocenters. The van der Waals surface area contributed by atoms with E-state index in [-0.39, 0.29) is 5.78 Å². The third kappa shape index (κ3) is 2.52. The molecule has 0 fully saturated rings. The van der Waals surface area contributed by atoms with Crippen LogP contribution in [0, 0.1) is 20.8 Å². The summed E-state index contributed by atoms with van der Waals surface area (Å²) in [5, 5.41) is 0. The molecule has 0 aliphatic rings. The second-order valence-corrected chi connectivity index (χ2v) is 7.57. The minimum atomic E-state index is -0.851. The zero-order valence-electron chi connectivity index (χ0n) is 17.3. The molecule has 0 amide bonds. The minimum absolute atomic E-state index is 0.255. The summed E-state index contributed by atoms with van der Waals surface area (Å²) in [6.07, 6.45) is 0. The number of hydrogen-bond donors (Lipinski definition) is 0. The maximum absolute atomic E-state index is 13.3. The molecular formula is C21H23N5O3. The van der Waals surface area contributed by atoms with Gasteiger partial charge < -0.3 is 0 Å². The fourth-order valence-electron chi connectivity index (χ4n) is 3.82. The van der Waals surface area contributed by atoms with Crippen molar-refractivity contribution in [3.63, 3.8) is 0 Å². The van der Waals surface area contributed by atoms with Gasteiger partial charge in [0.25, 0.3) is 5.56 Å². The van der Waals surface area contributed by atoms with Gasteiger partial charge in [-0.3, -0.25) is 23.1 Å². The van der Waals surface area contributed by atoms with E-state index in [9.17, 15) is 14.4 Å². The lowest BCUT2D eigenvalue weighted by molar-refractivity contribution is -0.119. The Hall–Kier alpha value is -3.42. The van der Waals surface area contributed by atoms with Gasteiger partial charge in [0.15, 0.2) is 16.9 Å². The summed E-state index contributed by atoms with van der Waals surface area (Å²) in [5.41, 5.74) is 3.35. The van der Waals surface area contributed by atoms with Gasteiger partial charge in [-0.2, -0.15) is 4.98 Å². The van der Waals surface area contributed by atoms with Gasteiger partial charge in [0.2, 0.25) is 5.78 Å². The number of benzene rings is 1. The van der Waals surface area contributed by atoms with E-state index in [2.05, 4.69) is 4.98 Å². The van der Waals surface area contributed by atoms with Gasteiger partial charge in [0, 0.05) is 24.1 Å². The normalized spacial score (nSPS) is 12.8. The van der Waals surface area contributed by atoms with Gasteiger partial charge in [-0.25, -0.2) is 9.36 Å². The van der Waals surface area contributed by atoms with Crippen LogP contribution in [0.5, 0.6) is 0 Å². The van der Waals surface area contributed by atoms with Crippen molar-refractivity contribution in [2.45, 2.75) is 40.7 Å². The Kier molecular flexibility index (Phi) is 4.11. The van der Waals surface area contributed by atoms with E-state index in [4.69, 9.17) is 0 Å². The number of fused-ring (bicyclic) bond motifs is 3. The molecule has 1 atom stereocenters. The van der Waals surface area contributed by atoms with Crippen LogP contribution in [0.15, 0.2) is 33.9 Å². The zero-order chi connectivity index (χ0) is 21.2. The molecule has 150 valence electrons. The summed E-state index contributed by atoms with van der Waals surface area (Å²) in [6.45, 7) is 8.83. The third-order valence-corrected chi connectivity index (χ3v) is 5.70. The number of imidazole rings is 2. The molecule has 1 aromatic carbocycles. The summed E-state index contributed by atoms with van der Waals surface area (Å²) in [6, 6.07) is 7.15. The number of ketones is 1. The first-order valence-corrected chi connectivity index (χ1v) is 9.44. The summed E-state index contributed by atoms with van der Waals surface area (Å²) in [5.74, 6) is 0.301. The second kappa shape index (κ2) is 6.30. The van der Waals surface area contributed by atoms with E-state index < -0.39 is 17.3 Å². The molecule has 0 saturated carbocycles. The van der Waals surface area contributed by atoms with Crippen molar-refractivity contribution >= 4 is 22.7 Å². The van der Waals surface area contributed by atoms with Crippen LogP contribution in [-0.2, 0) is 11.8 Å². The van der Waals surface area contributed by atoms with Crippen LogP contribution in [0.2, 0.25) is 0 Å². The standard InChI is InChI=1S/C21H23N5O3/c1-11-8-7-9-16(10-11)24-12(2)13(3)25-17-18(22-20(24)25)23(6)21(29)26(19(17)28)14(4)15(5)27/h7-10,14H,1-6H3. The number of hydrogen-bond acceptors (Lipinski definition) is 4. The van der Waals surface area contributed by atoms with Crippen molar-refractivity contribution in [2.24, 2.45) is 7.05 Å². The maximum atomic E-state index is 13.3. The average molecular weight is 393 g/mol. The molecule has 0 bridgehead atoms. The first-order valence-electron chi connectivity index (χ1n) is 9.44. The van der Waals surface area contributed by atoms with Gasteiger partial charge in [-0.15, -0.1) is 0 Å². The molecule has 4 rings (SSSR count). The topological polar surface area (TPSA) is 83.3 Å². The molecule has 0 spiro atoms. The maximum Gasteiger partial charge on any atom is 0.333 e. The number of aryl methyl sites for hydroxylation is 3. The number of carbonyl (C=O) groups excluding carboxylic acids is 1. The Morgan fingerprint density at radius 1 is 1.10 bits per heavy atom. The molecular weight excluding hydrogens is 370 g/mol. The predicted molar refractivity (Wildman–Crippen MR) is 111 cm³/mol. The zero-order valence-corrected chi connectivity index (χ0v) is 17.3. The molecule has 8 nitrogen and oxygen atoms in total. The van der Waals surface area contributed by atoms with Crippen LogP contribution in [-0.4, -0.2) is 28.9 Å². The monoisotopic (exact) mass is 393 g/mol. The Morgan fingerprint density at radius 2 is 1.79 bits per heavy atom. The van der Waals surface area contributed by atoms with Crippen molar-refractivity contribution in [1.82, 2.24) is 23.1 Å². The summed E-state index contributed by atoms with van der Waals surface area (Å²) in [4.78, 5) is 42.7. The molecule has 8 heteroatoms. The molecule has 0 radical (unpaired) electrons. The third-order valence-electron chi connectivity index (χ3n) is 5.70. The molecule has 0 saturated heterocycles. The SMILES string of the molecule is CC(=O)C(C)n1c(=O)c2c(nc3n(-c4cccc(C)c4)c(C)c(C)n23)n(C)c1=O. The fraction of sp³-hybridized carbons (Fsp3) is 0.333. The van der Waals surface area contributed by atoms with E-state index in [0.29, 0.717) is 16.9 Å². The molecule has 29 heavy (non-hydrogen) atoms. The van der Waals surface area contributed by atoms with Gasteiger partial charge in [-0.1, -0.05) is 12.1 Å². The van der Waals surface area contributed by atoms with Gasteiger partial charge in [-0.05, 0) is 52.3 Å². The van der Waals surface area contributed by atoms with Crippen molar-refractivity contribution in [3.8, 4) is 5.69 Å². The van der Waals surface area contributed by atoms with Crippen LogP contribution < -0.4 is 11.2 Å². The highest BCUT2D eigenvalue weighted by Crippen LogP contribution is 2.25. The average Bonchev–Trinajstić information content (AvgIpc) is 3.16. The highest BCUT2D eigenvalue weighted by atomic mass is 16.2. The minimum Gasteiger partial charge on any atom is -0.298 e. The Morgan fingerprint density at radius 3 is 2.41 bits per heavy atom. The van der Waals surface area contributed by atoms with Gasteiger partial charge in [0.1, 0.15) is 0 Å². The molecule has 3 aromatic heterocycles. The lowest BCUT2D eigenvalue weighted by Gasteiger charge is -2.12. The smallest absolute Gasteiger partial charge is 0.298 e. The first-order chi connectivity index (χ1) is 13.6. The lowest BCUT2D eigenvalue weighted by atomic mass is 10.2. The van der Waals surface area contributed by atoms with Crippen molar-refractivity contribution < 1.29 is 4.79 Å². The summed E-state index contributed by atoms with van der Waals surface area (Å²) in [7, 11) is 1.57. The summed E-state index contributed by atoms with van der Waals surface area (Å²) < 4.78 is 6.10. The number of aromatic nitrogens is 5. The van der Waals surface area contributed by atoms with Gasteiger partial charge >= 0.3 is 5.69 Å². The van der Waals surface area contributed by atoms with Crippen molar-refractivity contribution in [2.75, 3.05) is 0 Å².